The van der Waals surface area contributed by atoms with E-state index in [0.29, 0.717) is 17.8 Å². The zero-order chi connectivity index (χ0) is 22.2. The molecule has 3 aromatic heterocycles. The molecular weight excluding hydrogens is 433 g/mol. The minimum Gasteiger partial charge on any atom is -0.495 e. The molecule has 160 valence electrons. The summed E-state index contributed by atoms with van der Waals surface area (Å²) in [7, 11) is 1.57. The molecule has 3 aromatic rings. The van der Waals surface area contributed by atoms with Gasteiger partial charge in [-0.3, -0.25) is 4.98 Å². The monoisotopic (exact) mass is 448 g/mol. The third kappa shape index (κ3) is 4.61. The molecule has 0 atom stereocenters. The molecular formula is C21H16ClF3N4O2. The topological polar surface area (TPSA) is 70.0 Å². The molecule has 0 spiro atoms. The van der Waals surface area contributed by atoms with Gasteiger partial charge >= 0.3 is 6.18 Å². The highest BCUT2D eigenvalue weighted by Crippen LogP contribution is 2.41. The zero-order valence-corrected chi connectivity index (χ0v) is 17.3. The molecule has 1 aliphatic carbocycles. The van der Waals surface area contributed by atoms with E-state index in [0.717, 1.165) is 29.3 Å². The molecule has 0 fully saturated rings. The summed E-state index contributed by atoms with van der Waals surface area (Å²) in [4.78, 5) is 16.3. The summed E-state index contributed by atoms with van der Waals surface area (Å²) in [5.41, 5.74) is 2.26. The van der Waals surface area contributed by atoms with Crippen molar-refractivity contribution in [1.82, 2.24) is 19.9 Å². The van der Waals surface area contributed by atoms with Crippen LogP contribution in [0.4, 0.5) is 13.2 Å². The molecule has 3 heterocycles. The van der Waals surface area contributed by atoms with Crippen LogP contribution in [-0.4, -0.2) is 33.7 Å². The number of rotatable bonds is 6. The number of nitrogens with zero attached hydrogens (tertiary/aromatic N) is 4. The van der Waals surface area contributed by atoms with Crippen molar-refractivity contribution in [3.8, 4) is 22.8 Å². The van der Waals surface area contributed by atoms with Crippen LogP contribution in [0.5, 0.6) is 11.6 Å². The molecule has 0 aromatic carbocycles. The van der Waals surface area contributed by atoms with Crippen molar-refractivity contribution in [2.75, 3.05) is 13.7 Å². The Kier molecular flexibility index (Phi) is 5.53. The maximum absolute atomic E-state index is 13.1. The van der Waals surface area contributed by atoms with Crippen LogP contribution < -0.4 is 9.47 Å². The molecule has 0 saturated carbocycles. The first kappa shape index (κ1) is 21.0. The van der Waals surface area contributed by atoms with Crippen LogP contribution in [0.3, 0.4) is 0 Å². The van der Waals surface area contributed by atoms with E-state index in [4.69, 9.17) is 21.1 Å². The van der Waals surface area contributed by atoms with Gasteiger partial charge in [0.1, 0.15) is 23.3 Å². The normalized spacial score (nSPS) is 13.4. The van der Waals surface area contributed by atoms with Gasteiger partial charge in [0, 0.05) is 18.0 Å². The van der Waals surface area contributed by atoms with Crippen molar-refractivity contribution >= 4 is 17.2 Å². The number of hydrogen-bond donors (Lipinski definition) is 0. The van der Waals surface area contributed by atoms with E-state index in [-0.39, 0.29) is 28.8 Å². The first-order chi connectivity index (χ1) is 14.8. The number of allylic oxidation sites excluding steroid dienone is 1. The highest BCUT2D eigenvalue weighted by atomic mass is 35.5. The molecule has 0 saturated heterocycles. The summed E-state index contributed by atoms with van der Waals surface area (Å²) in [6.45, 7) is 1.88. The summed E-state index contributed by atoms with van der Waals surface area (Å²) in [5, 5.41) is -0.0981. The number of hydrogen-bond acceptors (Lipinski definition) is 6. The Hall–Kier alpha value is -3.20. The lowest BCUT2D eigenvalue weighted by molar-refractivity contribution is -0.137. The van der Waals surface area contributed by atoms with Gasteiger partial charge in [-0.25, -0.2) is 9.97 Å². The number of aromatic nitrogens is 4. The Labute approximate surface area is 180 Å². The van der Waals surface area contributed by atoms with E-state index in [2.05, 4.69) is 19.9 Å². The molecule has 0 bridgehead atoms. The number of halogens is 4. The quantitative estimate of drug-likeness (QED) is 0.485. The van der Waals surface area contributed by atoms with Gasteiger partial charge in [0.2, 0.25) is 5.88 Å². The highest BCUT2D eigenvalue weighted by molar-refractivity contribution is 6.32. The lowest BCUT2D eigenvalue weighted by atomic mass is 10.1. The van der Waals surface area contributed by atoms with Crippen molar-refractivity contribution < 1.29 is 22.6 Å². The van der Waals surface area contributed by atoms with E-state index in [1.807, 2.05) is 12.1 Å². The number of ether oxygens (including phenoxy) is 2. The fourth-order valence-corrected chi connectivity index (χ4v) is 3.16. The molecule has 1 aliphatic rings. The largest absolute Gasteiger partial charge is 0.495 e. The molecule has 0 amide bonds. The van der Waals surface area contributed by atoms with E-state index in [9.17, 15) is 13.2 Å². The fraction of sp³-hybridized carbons (Fsp3) is 0.238. The van der Waals surface area contributed by atoms with Crippen molar-refractivity contribution in [3.63, 3.8) is 0 Å². The summed E-state index contributed by atoms with van der Waals surface area (Å²) in [6, 6.07) is 4.59. The second-order valence-corrected chi connectivity index (χ2v) is 7.19. The predicted octanol–water partition coefficient (Wildman–Crippen LogP) is 5.16. The highest BCUT2D eigenvalue weighted by Gasteiger charge is 2.32. The van der Waals surface area contributed by atoms with Crippen LogP contribution >= 0.6 is 11.6 Å². The van der Waals surface area contributed by atoms with Gasteiger partial charge in [0.05, 0.1) is 30.1 Å². The molecule has 0 aliphatic heterocycles. The Balaban J connectivity index is 1.60. The molecule has 6 nitrogen and oxygen atoms in total. The van der Waals surface area contributed by atoms with Crippen molar-refractivity contribution in [1.29, 1.82) is 0 Å². The first-order valence-electron chi connectivity index (χ1n) is 9.17. The van der Waals surface area contributed by atoms with Gasteiger partial charge < -0.3 is 9.47 Å². The smallest absolute Gasteiger partial charge is 0.417 e. The average molecular weight is 449 g/mol. The second-order valence-electron chi connectivity index (χ2n) is 6.83. The predicted molar refractivity (Wildman–Crippen MR) is 108 cm³/mol. The first-order valence-corrected chi connectivity index (χ1v) is 9.55. The molecule has 10 heteroatoms. The Bertz CT molecular complexity index is 1160. The lowest BCUT2D eigenvalue weighted by Crippen LogP contribution is -2.07. The number of pyridine rings is 2. The molecule has 0 unspecified atom stereocenters. The van der Waals surface area contributed by atoms with Crippen LogP contribution in [0.1, 0.15) is 23.5 Å². The van der Waals surface area contributed by atoms with Crippen molar-refractivity contribution in [2.24, 2.45) is 0 Å². The van der Waals surface area contributed by atoms with Crippen LogP contribution in [0.25, 0.3) is 16.7 Å². The molecule has 0 N–H and O–H groups in total. The average Bonchev–Trinajstić information content (AvgIpc) is 3.52. The Morgan fingerprint density at radius 3 is 2.55 bits per heavy atom. The molecule has 31 heavy (non-hydrogen) atoms. The molecule has 4 rings (SSSR count). The number of aryl methyl sites for hydroxylation is 1. The van der Waals surface area contributed by atoms with E-state index < -0.39 is 11.7 Å². The van der Waals surface area contributed by atoms with Gasteiger partial charge in [-0.05, 0) is 42.7 Å². The van der Waals surface area contributed by atoms with E-state index in [1.54, 1.807) is 20.2 Å². The van der Waals surface area contributed by atoms with Crippen molar-refractivity contribution in [2.45, 2.75) is 19.5 Å². The SMILES string of the molecule is COc1ccc(C2=C(COc3nc(C)ncc3-c3cc(C(F)(F)F)cnc3Cl)C2)nc1. The number of methoxy groups -OCH3 is 1. The van der Waals surface area contributed by atoms with E-state index >= 15 is 0 Å². The minimum absolute atomic E-state index is 0.0494. The Morgan fingerprint density at radius 2 is 1.87 bits per heavy atom. The fourth-order valence-electron chi connectivity index (χ4n) is 2.95. The summed E-state index contributed by atoms with van der Waals surface area (Å²) in [6.07, 6.45) is -0.130. The Morgan fingerprint density at radius 1 is 1.06 bits per heavy atom. The van der Waals surface area contributed by atoms with Crippen LogP contribution in [0.15, 0.2) is 42.4 Å². The zero-order valence-electron chi connectivity index (χ0n) is 16.5. The molecule has 0 radical (unpaired) electrons. The van der Waals surface area contributed by atoms with Gasteiger partial charge in [-0.2, -0.15) is 18.2 Å². The van der Waals surface area contributed by atoms with Crippen molar-refractivity contribution in [3.05, 3.63) is 64.6 Å². The summed E-state index contributed by atoms with van der Waals surface area (Å²) < 4.78 is 50.3. The van der Waals surface area contributed by atoms with Crippen LogP contribution in [0, 0.1) is 6.92 Å². The lowest BCUT2D eigenvalue weighted by Gasteiger charge is -2.13. The third-order valence-corrected chi connectivity index (χ3v) is 4.99. The maximum atomic E-state index is 13.1. The van der Waals surface area contributed by atoms with Crippen LogP contribution in [0.2, 0.25) is 5.15 Å². The van der Waals surface area contributed by atoms with E-state index in [1.165, 1.54) is 6.20 Å². The van der Waals surface area contributed by atoms with Gasteiger partial charge in [0.15, 0.2) is 0 Å². The second kappa shape index (κ2) is 8.14. The summed E-state index contributed by atoms with van der Waals surface area (Å²) >= 11 is 6.08. The van der Waals surface area contributed by atoms with Gasteiger partial charge in [-0.15, -0.1) is 0 Å². The van der Waals surface area contributed by atoms with Gasteiger partial charge in [-0.1, -0.05) is 11.6 Å². The van der Waals surface area contributed by atoms with Gasteiger partial charge in [0.25, 0.3) is 0 Å². The van der Waals surface area contributed by atoms with Crippen LogP contribution in [-0.2, 0) is 6.18 Å². The number of alkyl halides is 3. The minimum atomic E-state index is -4.56. The standard InChI is InChI=1S/C21H16ClF3N4O2/c1-11-26-9-17(16-6-13(21(23,24)25)7-28-19(16)22)20(29-11)31-10-12-5-15(12)18-4-3-14(30-2)8-27-18/h3-4,6-9H,5,10H2,1-2H3. The third-order valence-electron chi connectivity index (χ3n) is 4.69. The summed E-state index contributed by atoms with van der Waals surface area (Å²) in [5.74, 6) is 1.21. The maximum Gasteiger partial charge on any atom is 0.417 e.